The van der Waals surface area contributed by atoms with E-state index in [0.717, 1.165) is 0 Å². The number of benzene rings is 1. The van der Waals surface area contributed by atoms with E-state index in [-0.39, 0.29) is 36.0 Å². The third-order valence-corrected chi connectivity index (χ3v) is 5.74. The Morgan fingerprint density at radius 3 is 2.53 bits per heavy atom. The number of rotatable bonds is 6. The normalized spacial score (nSPS) is 22.8. The third kappa shape index (κ3) is 4.15. The molecular weight excluding hydrogens is 416 g/mol. The molecule has 1 heterocycles. The Bertz CT molecular complexity index is 1040. The molecule has 0 fully saturated rings. The lowest BCUT2D eigenvalue weighted by Crippen LogP contribution is -2.43. The SMILES string of the molecule is CCOC(=O)C1=C(C)NC2=C(C(=O)C(C(=O)OCC)C(C)C2)C1c1cccc([N+](=O)[O-])c1. The molecule has 9 heteroatoms. The minimum atomic E-state index is -1.02. The summed E-state index contributed by atoms with van der Waals surface area (Å²) in [7, 11) is 0. The summed E-state index contributed by atoms with van der Waals surface area (Å²) in [6.07, 6.45) is 0.392. The van der Waals surface area contributed by atoms with Crippen LogP contribution in [-0.2, 0) is 23.9 Å². The maximum atomic E-state index is 13.6. The molecule has 3 unspecified atom stereocenters. The van der Waals surface area contributed by atoms with E-state index in [1.54, 1.807) is 33.8 Å². The van der Waals surface area contributed by atoms with Gasteiger partial charge in [0.15, 0.2) is 5.78 Å². The largest absolute Gasteiger partial charge is 0.465 e. The number of ketones is 1. The van der Waals surface area contributed by atoms with Gasteiger partial charge >= 0.3 is 11.9 Å². The average molecular weight is 442 g/mol. The molecular formula is C23H26N2O7. The fourth-order valence-electron chi connectivity index (χ4n) is 4.42. The topological polar surface area (TPSA) is 125 Å². The van der Waals surface area contributed by atoms with Crippen molar-refractivity contribution in [3.8, 4) is 0 Å². The van der Waals surface area contributed by atoms with E-state index >= 15 is 0 Å². The molecule has 1 aromatic carbocycles. The molecule has 3 atom stereocenters. The van der Waals surface area contributed by atoms with Crippen molar-refractivity contribution in [3.05, 3.63) is 62.5 Å². The molecule has 0 aromatic heterocycles. The van der Waals surface area contributed by atoms with Gasteiger partial charge in [-0.05, 0) is 38.7 Å². The molecule has 0 bridgehead atoms. The van der Waals surface area contributed by atoms with Crippen LogP contribution in [0.25, 0.3) is 0 Å². The second-order valence-corrected chi connectivity index (χ2v) is 7.84. The van der Waals surface area contributed by atoms with Crippen LogP contribution in [0.4, 0.5) is 5.69 Å². The summed E-state index contributed by atoms with van der Waals surface area (Å²) in [5, 5.41) is 14.5. The molecule has 0 radical (unpaired) electrons. The number of nitro benzene ring substituents is 1. The van der Waals surface area contributed by atoms with Gasteiger partial charge in [0.1, 0.15) is 5.92 Å². The van der Waals surface area contributed by atoms with E-state index < -0.39 is 34.5 Å². The van der Waals surface area contributed by atoms with Crippen molar-refractivity contribution in [1.82, 2.24) is 5.32 Å². The number of Topliss-reactive ketones (excluding diaryl/α,β-unsaturated/α-hetero) is 1. The molecule has 0 spiro atoms. The number of nitro groups is 1. The van der Waals surface area contributed by atoms with Crippen LogP contribution in [-0.4, -0.2) is 35.9 Å². The number of carbonyl (C=O) groups excluding carboxylic acids is 3. The maximum absolute atomic E-state index is 13.6. The highest BCUT2D eigenvalue weighted by molar-refractivity contribution is 6.12. The molecule has 9 nitrogen and oxygen atoms in total. The first-order valence-corrected chi connectivity index (χ1v) is 10.5. The zero-order valence-electron chi connectivity index (χ0n) is 18.5. The van der Waals surface area contributed by atoms with Crippen molar-refractivity contribution in [2.24, 2.45) is 11.8 Å². The Balaban J connectivity index is 2.20. The minimum absolute atomic E-state index is 0.125. The highest BCUT2D eigenvalue weighted by atomic mass is 16.6. The molecule has 3 rings (SSSR count). The van der Waals surface area contributed by atoms with E-state index in [9.17, 15) is 24.5 Å². The molecule has 1 aliphatic heterocycles. The van der Waals surface area contributed by atoms with Crippen LogP contribution in [0.2, 0.25) is 0 Å². The summed E-state index contributed by atoms with van der Waals surface area (Å²) in [5.74, 6) is -3.91. The molecule has 0 saturated heterocycles. The quantitative estimate of drug-likeness (QED) is 0.308. The number of esters is 2. The molecule has 1 N–H and O–H groups in total. The Morgan fingerprint density at radius 1 is 1.22 bits per heavy atom. The van der Waals surface area contributed by atoms with E-state index in [0.29, 0.717) is 23.4 Å². The fraction of sp³-hybridized carbons (Fsp3) is 0.435. The number of nitrogens with one attached hydrogen (secondary N) is 1. The highest BCUT2D eigenvalue weighted by Gasteiger charge is 2.47. The van der Waals surface area contributed by atoms with Crippen LogP contribution >= 0.6 is 0 Å². The predicted molar refractivity (Wildman–Crippen MR) is 114 cm³/mol. The Hall–Kier alpha value is -3.49. The molecule has 0 amide bonds. The lowest BCUT2D eigenvalue weighted by atomic mass is 9.69. The summed E-state index contributed by atoms with van der Waals surface area (Å²) in [6.45, 7) is 7.10. The number of non-ortho nitro benzene ring substituents is 1. The number of carbonyl (C=O) groups is 3. The van der Waals surface area contributed by atoms with Gasteiger partial charge in [-0.2, -0.15) is 0 Å². The standard InChI is InChI=1S/C23H26N2O7/c1-5-31-22(27)17-12(3)10-16-20(21(17)26)19(14-8-7-9-15(11-14)25(29)30)18(13(4)24-16)23(28)32-6-2/h7-9,11-12,17,19,24H,5-6,10H2,1-4H3. The molecule has 2 aliphatic rings. The van der Waals surface area contributed by atoms with Gasteiger partial charge in [-0.15, -0.1) is 0 Å². The molecule has 1 aromatic rings. The number of hydrogen-bond donors (Lipinski definition) is 1. The third-order valence-electron chi connectivity index (χ3n) is 5.74. The maximum Gasteiger partial charge on any atom is 0.336 e. The van der Waals surface area contributed by atoms with Gasteiger partial charge in [0.25, 0.3) is 5.69 Å². The van der Waals surface area contributed by atoms with E-state index in [1.807, 2.05) is 0 Å². The second-order valence-electron chi connectivity index (χ2n) is 7.84. The Morgan fingerprint density at radius 2 is 1.91 bits per heavy atom. The zero-order chi connectivity index (χ0) is 23.6. The van der Waals surface area contributed by atoms with Crippen LogP contribution in [0.5, 0.6) is 0 Å². The Labute approximate surface area is 185 Å². The predicted octanol–water partition coefficient (Wildman–Crippen LogP) is 3.16. The van der Waals surface area contributed by atoms with Crippen molar-refractivity contribution in [2.75, 3.05) is 13.2 Å². The smallest absolute Gasteiger partial charge is 0.336 e. The van der Waals surface area contributed by atoms with Crippen molar-refractivity contribution < 1.29 is 28.8 Å². The molecule has 0 saturated carbocycles. The summed E-state index contributed by atoms with van der Waals surface area (Å²) >= 11 is 0. The van der Waals surface area contributed by atoms with E-state index in [4.69, 9.17) is 9.47 Å². The van der Waals surface area contributed by atoms with E-state index in [2.05, 4.69) is 5.32 Å². The summed E-state index contributed by atoms with van der Waals surface area (Å²) in [6, 6.07) is 5.82. The lowest BCUT2D eigenvalue weighted by molar-refractivity contribution is -0.384. The van der Waals surface area contributed by atoms with Crippen molar-refractivity contribution in [3.63, 3.8) is 0 Å². The van der Waals surface area contributed by atoms with Crippen LogP contribution in [0.3, 0.4) is 0 Å². The molecule has 170 valence electrons. The van der Waals surface area contributed by atoms with Crippen molar-refractivity contribution in [2.45, 2.75) is 40.0 Å². The first kappa shape index (κ1) is 23.2. The molecule has 32 heavy (non-hydrogen) atoms. The van der Waals surface area contributed by atoms with Crippen molar-refractivity contribution >= 4 is 23.4 Å². The summed E-state index contributed by atoms with van der Waals surface area (Å²) in [4.78, 5) is 49.9. The second kappa shape index (κ2) is 9.33. The molecule has 1 aliphatic carbocycles. The first-order valence-electron chi connectivity index (χ1n) is 10.5. The van der Waals surface area contributed by atoms with Crippen LogP contribution in [0.15, 0.2) is 46.8 Å². The van der Waals surface area contributed by atoms with Crippen LogP contribution in [0, 0.1) is 22.0 Å². The zero-order valence-corrected chi connectivity index (χ0v) is 18.5. The first-order chi connectivity index (χ1) is 15.2. The number of allylic oxidation sites excluding steroid dienone is 3. The van der Waals surface area contributed by atoms with Gasteiger partial charge in [0.2, 0.25) is 0 Å². The average Bonchev–Trinajstić information content (AvgIpc) is 2.73. The monoisotopic (exact) mass is 442 g/mol. The summed E-state index contributed by atoms with van der Waals surface area (Å²) < 4.78 is 10.4. The number of hydrogen-bond acceptors (Lipinski definition) is 8. The highest BCUT2D eigenvalue weighted by Crippen LogP contribution is 2.45. The van der Waals surface area contributed by atoms with Crippen LogP contribution < -0.4 is 5.32 Å². The summed E-state index contributed by atoms with van der Waals surface area (Å²) in [5.41, 5.74) is 1.79. The van der Waals surface area contributed by atoms with Gasteiger partial charge < -0.3 is 14.8 Å². The van der Waals surface area contributed by atoms with Crippen LogP contribution in [0.1, 0.15) is 45.6 Å². The van der Waals surface area contributed by atoms with Gasteiger partial charge in [0.05, 0.1) is 23.7 Å². The number of dihydropyridines is 1. The Kier molecular flexibility index (Phi) is 6.76. The van der Waals surface area contributed by atoms with Crippen molar-refractivity contribution in [1.29, 1.82) is 0 Å². The minimum Gasteiger partial charge on any atom is -0.465 e. The van der Waals surface area contributed by atoms with Gasteiger partial charge in [-0.1, -0.05) is 19.1 Å². The van der Waals surface area contributed by atoms with E-state index in [1.165, 1.54) is 18.2 Å². The van der Waals surface area contributed by atoms with Gasteiger partial charge in [-0.25, -0.2) is 4.79 Å². The van der Waals surface area contributed by atoms with Gasteiger partial charge in [0, 0.05) is 35.0 Å². The fourth-order valence-corrected chi connectivity index (χ4v) is 4.42. The number of ether oxygens (including phenoxy) is 2. The number of nitrogens with zero attached hydrogens (tertiary/aromatic N) is 1. The van der Waals surface area contributed by atoms with Gasteiger partial charge in [-0.3, -0.25) is 19.7 Å². The lowest BCUT2D eigenvalue weighted by Gasteiger charge is -2.38.